The molecule has 1 heterocycles. The maximum Gasteiger partial charge on any atom is 0.338 e. The molecule has 1 N–H and O–H groups in total. The molecule has 1 saturated carbocycles. The number of ether oxygens (including phenoxy) is 2. The van der Waals surface area contributed by atoms with Crippen molar-refractivity contribution in [2.24, 2.45) is 5.92 Å². The summed E-state index contributed by atoms with van der Waals surface area (Å²) in [5.74, 6) is -0.000458. The summed E-state index contributed by atoms with van der Waals surface area (Å²) in [6, 6.07) is 0. The third-order valence-electron chi connectivity index (χ3n) is 4.58. The highest BCUT2D eigenvalue weighted by atomic mass is 16.6. The van der Waals surface area contributed by atoms with Crippen LogP contribution in [0.3, 0.4) is 0 Å². The molecule has 20 heavy (non-hydrogen) atoms. The van der Waals surface area contributed by atoms with Gasteiger partial charge in [-0.05, 0) is 38.0 Å². The van der Waals surface area contributed by atoms with Gasteiger partial charge in [0, 0.05) is 13.2 Å². The number of hydrogen-bond donors (Lipinski definition) is 1. The molecule has 116 valence electrons. The zero-order valence-electron chi connectivity index (χ0n) is 12.4. The number of unbranched alkanes of at least 4 members (excludes halogenated alkanes) is 3. The van der Waals surface area contributed by atoms with Crippen LogP contribution in [0.25, 0.3) is 0 Å². The first-order valence-electron chi connectivity index (χ1n) is 8.18. The first-order chi connectivity index (χ1) is 9.73. The summed E-state index contributed by atoms with van der Waals surface area (Å²) in [6.45, 7) is 2.19. The highest BCUT2D eigenvalue weighted by Crippen LogP contribution is 2.33. The topological polar surface area (TPSA) is 59.1 Å². The van der Waals surface area contributed by atoms with Crippen LogP contribution in [0.15, 0.2) is 0 Å². The minimum absolute atomic E-state index is 0.396. The van der Waals surface area contributed by atoms with Crippen LogP contribution < -0.4 is 0 Å². The Morgan fingerprint density at radius 1 is 1.15 bits per heavy atom. The highest BCUT2D eigenvalue weighted by molar-refractivity contribution is 5.80. The molecule has 4 heteroatoms. The van der Waals surface area contributed by atoms with Crippen LogP contribution in [0.5, 0.6) is 0 Å². The van der Waals surface area contributed by atoms with E-state index >= 15 is 0 Å². The molecule has 1 unspecified atom stereocenters. The van der Waals surface area contributed by atoms with Crippen molar-refractivity contribution < 1.29 is 19.4 Å². The fourth-order valence-corrected chi connectivity index (χ4v) is 3.03. The fourth-order valence-electron chi connectivity index (χ4n) is 3.03. The zero-order valence-corrected chi connectivity index (χ0v) is 12.4. The lowest BCUT2D eigenvalue weighted by Crippen LogP contribution is -2.23. The van der Waals surface area contributed by atoms with Crippen LogP contribution in [0, 0.1) is 5.92 Å². The van der Waals surface area contributed by atoms with E-state index in [1.54, 1.807) is 0 Å². The second-order valence-electron chi connectivity index (χ2n) is 6.33. The molecule has 0 aromatic heterocycles. The third kappa shape index (κ3) is 5.06. The number of rotatable bonds is 10. The minimum atomic E-state index is -0.822. The smallest absolute Gasteiger partial charge is 0.338 e. The van der Waals surface area contributed by atoms with Crippen LogP contribution >= 0.6 is 0 Å². The fraction of sp³-hybridized carbons (Fsp3) is 0.938. The molecule has 0 amide bonds. The molecule has 0 aromatic carbocycles. The molecule has 4 nitrogen and oxygen atoms in total. The quantitative estimate of drug-likeness (QED) is 0.493. The number of carbonyl (C=O) groups is 1. The third-order valence-corrected chi connectivity index (χ3v) is 4.58. The first-order valence-corrected chi connectivity index (χ1v) is 8.18. The van der Waals surface area contributed by atoms with E-state index < -0.39 is 11.6 Å². The molecule has 0 spiro atoms. The molecule has 0 bridgehead atoms. The predicted molar refractivity (Wildman–Crippen MR) is 76.8 cm³/mol. The Kier molecular flexibility index (Phi) is 6.30. The normalized spacial score (nSPS) is 26.6. The molecule has 2 aliphatic rings. The summed E-state index contributed by atoms with van der Waals surface area (Å²) in [6.07, 6.45) is 11.7. The van der Waals surface area contributed by atoms with Gasteiger partial charge >= 0.3 is 5.97 Å². The van der Waals surface area contributed by atoms with Crippen molar-refractivity contribution in [2.75, 3.05) is 19.8 Å². The Morgan fingerprint density at radius 3 is 2.50 bits per heavy atom. The Labute approximate surface area is 121 Å². The monoisotopic (exact) mass is 284 g/mol. The van der Waals surface area contributed by atoms with Gasteiger partial charge in [0.05, 0.1) is 6.61 Å². The van der Waals surface area contributed by atoms with Gasteiger partial charge < -0.3 is 14.6 Å². The van der Waals surface area contributed by atoms with Gasteiger partial charge in [0.15, 0.2) is 5.60 Å². The molecular weight excluding hydrogens is 256 g/mol. The zero-order chi connectivity index (χ0) is 14.3. The van der Waals surface area contributed by atoms with Gasteiger partial charge in [-0.25, -0.2) is 4.79 Å². The summed E-state index contributed by atoms with van der Waals surface area (Å²) in [4.78, 5) is 10.9. The number of epoxide rings is 1. The van der Waals surface area contributed by atoms with E-state index in [-0.39, 0.29) is 0 Å². The molecule has 0 aromatic rings. The highest BCUT2D eigenvalue weighted by Gasteiger charge is 2.51. The van der Waals surface area contributed by atoms with Gasteiger partial charge in [0.2, 0.25) is 0 Å². The van der Waals surface area contributed by atoms with Crippen LogP contribution in [0.4, 0.5) is 0 Å². The average Bonchev–Trinajstić information content (AvgIpc) is 3.24. The van der Waals surface area contributed by atoms with Crippen LogP contribution in [-0.4, -0.2) is 36.5 Å². The first kappa shape index (κ1) is 15.8. The van der Waals surface area contributed by atoms with Crippen molar-refractivity contribution >= 4 is 5.97 Å². The molecule has 1 saturated heterocycles. The average molecular weight is 284 g/mol. The Morgan fingerprint density at radius 2 is 1.85 bits per heavy atom. The minimum Gasteiger partial charge on any atom is -0.479 e. The standard InChI is InChI=1S/C16H28O4/c17-15(18)16(13-20-16)10-6-1-2-7-11-19-12-14-8-4-3-5-9-14/h14H,1-13H2,(H,17,18). The van der Waals surface area contributed by atoms with Crippen LogP contribution in [0.2, 0.25) is 0 Å². The molecule has 2 fully saturated rings. The lowest BCUT2D eigenvalue weighted by Gasteiger charge is -2.21. The van der Waals surface area contributed by atoms with E-state index in [2.05, 4.69) is 0 Å². The SMILES string of the molecule is O=C(O)C1(CCCCCCOCC2CCCCC2)CO1. The summed E-state index contributed by atoms with van der Waals surface area (Å²) in [7, 11) is 0. The van der Waals surface area contributed by atoms with Crippen molar-refractivity contribution in [3.63, 3.8) is 0 Å². The number of aliphatic carboxylic acids is 1. The largest absolute Gasteiger partial charge is 0.479 e. The van der Waals surface area contributed by atoms with Crippen molar-refractivity contribution in [1.82, 2.24) is 0 Å². The molecule has 0 radical (unpaired) electrons. The maximum absolute atomic E-state index is 10.9. The van der Waals surface area contributed by atoms with Gasteiger partial charge in [-0.2, -0.15) is 0 Å². The van der Waals surface area contributed by atoms with Crippen molar-refractivity contribution in [3.8, 4) is 0 Å². The summed E-state index contributed by atoms with van der Waals surface area (Å²) in [5.41, 5.74) is -0.822. The van der Waals surface area contributed by atoms with E-state index in [1.165, 1.54) is 32.1 Å². The van der Waals surface area contributed by atoms with Crippen molar-refractivity contribution in [3.05, 3.63) is 0 Å². The molecule has 1 atom stereocenters. The van der Waals surface area contributed by atoms with Crippen molar-refractivity contribution in [2.45, 2.75) is 69.8 Å². The van der Waals surface area contributed by atoms with E-state index in [0.29, 0.717) is 13.0 Å². The molecular formula is C16H28O4. The second kappa shape index (κ2) is 7.99. The van der Waals surface area contributed by atoms with Crippen LogP contribution in [-0.2, 0) is 14.3 Å². The van der Waals surface area contributed by atoms with Gasteiger partial charge in [-0.3, -0.25) is 0 Å². The molecule has 1 aliphatic heterocycles. The Hall–Kier alpha value is -0.610. The Bertz CT molecular complexity index is 293. The van der Waals surface area contributed by atoms with E-state index in [4.69, 9.17) is 14.6 Å². The second-order valence-corrected chi connectivity index (χ2v) is 6.33. The number of hydrogen-bond acceptors (Lipinski definition) is 3. The number of carboxylic acid groups (broad SMARTS) is 1. The van der Waals surface area contributed by atoms with Crippen LogP contribution in [0.1, 0.15) is 64.2 Å². The summed E-state index contributed by atoms with van der Waals surface area (Å²) < 4.78 is 10.8. The van der Waals surface area contributed by atoms with E-state index in [1.807, 2.05) is 0 Å². The summed E-state index contributed by atoms with van der Waals surface area (Å²) >= 11 is 0. The van der Waals surface area contributed by atoms with Gasteiger partial charge in [0.25, 0.3) is 0 Å². The molecule has 2 rings (SSSR count). The lowest BCUT2D eigenvalue weighted by molar-refractivity contribution is -0.143. The van der Waals surface area contributed by atoms with Gasteiger partial charge in [-0.15, -0.1) is 0 Å². The van der Waals surface area contributed by atoms with E-state index in [9.17, 15) is 4.79 Å². The predicted octanol–water partition coefficient (Wildman–Crippen LogP) is 3.39. The van der Waals surface area contributed by atoms with Gasteiger partial charge in [-0.1, -0.05) is 32.1 Å². The van der Waals surface area contributed by atoms with Crippen molar-refractivity contribution in [1.29, 1.82) is 0 Å². The van der Waals surface area contributed by atoms with Gasteiger partial charge in [0.1, 0.15) is 0 Å². The summed E-state index contributed by atoms with van der Waals surface area (Å²) in [5, 5.41) is 8.96. The van der Waals surface area contributed by atoms with E-state index in [0.717, 1.165) is 44.8 Å². The number of carboxylic acids is 1. The maximum atomic E-state index is 10.9. The Balaban J connectivity index is 1.38. The lowest BCUT2D eigenvalue weighted by atomic mass is 9.90. The molecule has 1 aliphatic carbocycles.